The molecule has 1 saturated heterocycles. The van der Waals surface area contributed by atoms with Crippen LogP contribution in [-0.2, 0) is 15.1 Å². The molecule has 1 fully saturated rings. The van der Waals surface area contributed by atoms with Gasteiger partial charge in [-0.2, -0.15) is 0 Å². The molecule has 2 aliphatic heterocycles. The second kappa shape index (κ2) is 6.27. The molecule has 1 amide bonds. The Labute approximate surface area is 159 Å². The summed E-state index contributed by atoms with van der Waals surface area (Å²) in [6, 6.07) is 15.9. The zero-order valence-electron chi connectivity index (χ0n) is 13.9. The van der Waals surface area contributed by atoms with Crippen molar-refractivity contribution in [2.45, 2.75) is 18.1 Å². The highest BCUT2D eigenvalue weighted by Gasteiger charge is 2.63. The fourth-order valence-electron chi connectivity index (χ4n) is 3.78. The Morgan fingerprint density at radius 2 is 2.08 bits per heavy atom. The van der Waals surface area contributed by atoms with E-state index >= 15 is 0 Å². The molecule has 0 aromatic heterocycles. The molecule has 25 heavy (non-hydrogen) atoms. The van der Waals surface area contributed by atoms with Crippen LogP contribution in [0.2, 0.25) is 0 Å². The second-order valence-corrected chi connectivity index (χ2v) is 7.89. The normalized spacial score (nSPS) is 24.8. The average Bonchev–Trinajstić information content (AvgIpc) is 2.74. The highest BCUT2D eigenvalue weighted by molar-refractivity contribution is 9.10. The first-order valence-electron chi connectivity index (χ1n) is 7.95. The summed E-state index contributed by atoms with van der Waals surface area (Å²) in [4.78, 5) is 19.6. The van der Waals surface area contributed by atoms with Gasteiger partial charge in [-0.15, -0.1) is 11.8 Å². The molecule has 128 valence electrons. The molecule has 0 aliphatic carbocycles. The predicted molar refractivity (Wildman–Crippen MR) is 106 cm³/mol. The number of rotatable bonds is 2. The molecule has 4 nitrogen and oxygen atoms in total. The minimum absolute atomic E-state index is 0.0209. The molecule has 4 rings (SSSR count). The molecule has 0 spiro atoms. The van der Waals surface area contributed by atoms with Crippen molar-refractivity contribution in [1.82, 2.24) is 0 Å². The number of amides is 1. The number of fused-ring (bicyclic) bond motifs is 3. The molecule has 2 heterocycles. The third-order valence-corrected chi connectivity index (χ3v) is 6.06. The van der Waals surface area contributed by atoms with Crippen molar-refractivity contribution in [2.75, 3.05) is 18.3 Å². The molecule has 6 heteroatoms. The zero-order valence-corrected chi connectivity index (χ0v) is 16.3. The molecule has 2 aromatic rings. The van der Waals surface area contributed by atoms with Crippen molar-refractivity contribution >= 4 is 50.0 Å². The number of anilines is 1. The van der Waals surface area contributed by atoms with Crippen LogP contribution in [0, 0.1) is 0 Å². The summed E-state index contributed by atoms with van der Waals surface area (Å²) in [6.07, 6.45) is 2.13. The third-order valence-electron chi connectivity index (χ3n) is 4.86. The van der Waals surface area contributed by atoms with Crippen molar-refractivity contribution in [2.24, 2.45) is 4.99 Å². The number of carbonyl (C=O) groups excluding carboxylic acids is 1. The van der Waals surface area contributed by atoms with Crippen LogP contribution in [0.5, 0.6) is 0 Å². The lowest BCUT2D eigenvalue weighted by molar-refractivity contribution is -0.147. The first kappa shape index (κ1) is 16.8. The van der Waals surface area contributed by atoms with E-state index < -0.39 is 11.6 Å². The summed E-state index contributed by atoms with van der Waals surface area (Å²) in [6.45, 7) is 0. The van der Waals surface area contributed by atoms with Crippen LogP contribution in [0.25, 0.3) is 0 Å². The lowest BCUT2D eigenvalue weighted by Gasteiger charge is -2.56. The molecule has 2 aliphatic rings. The number of ether oxygens (including phenoxy) is 1. The van der Waals surface area contributed by atoms with E-state index in [1.54, 1.807) is 18.9 Å². The molecule has 0 radical (unpaired) electrons. The Hall–Kier alpha value is -1.63. The fraction of sp³-hybridized carbons (Fsp3) is 0.263. The predicted octanol–water partition coefficient (Wildman–Crippen LogP) is 4.50. The molecule has 2 unspecified atom stereocenters. The topological polar surface area (TPSA) is 41.9 Å². The summed E-state index contributed by atoms with van der Waals surface area (Å²) in [5, 5.41) is 0.990. The Balaban J connectivity index is 1.98. The quantitative estimate of drug-likeness (QED) is 0.676. The van der Waals surface area contributed by atoms with E-state index in [2.05, 4.69) is 28.1 Å². The van der Waals surface area contributed by atoms with Gasteiger partial charge in [0, 0.05) is 18.0 Å². The maximum atomic E-state index is 12.9. The number of hydrogen-bond acceptors (Lipinski definition) is 4. The van der Waals surface area contributed by atoms with Gasteiger partial charge in [-0.1, -0.05) is 40.2 Å². The largest absolute Gasteiger partial charge is 0.369 e. The van der Waals surface area contributed by atoms with Crippen LogP contribution in [0.4, 0.5) is 11.4 Å². The van der Waals surface area contributed by atoms with Crippen molar-refractivity contribution in [3.05, 3.63) is 58.6 Å². The van der Waals surface area contributed by atoms with Crippen LogP contribution in [-0.4, -0.2) is 30.4 Å². The summed E-state index contributed by atoms with van der Waals surface area (Å²) >= 11 is 5.18. The van der Waals surface area contributed by atoms with Gasteiger partial charge in [0.25, 0.3) is 5.91 Å². The van der Waals surface area contributed by atoms with Gasteiger partial charge < -0.3 is 4.74 Å². The fourth-order valence-corrected chi connectivity index (χ4v) is 4.73. The number of hydrogen-bond donors (Lipinski definition) is 0. The molecule has 0 bridgehead atoms. The Bertz CT molecular complexity index is 885. The maximum Gasteiger partial charge on any atom is 0.259 e. The standard InChI is InChI=1S/C19H17BrN2O2S/c1-24-17-18(23)22-15-9-4-3-8-14(15)21-16(25-2)11-19(17,22)12-6-5-7-13(20)10-12/h3-10,17H,11H2,1-2H3. The van der Waals surface area contributed by atoms with Gasteiger partial charge in [0.2, 0.25) is 0 Å². The van der Waals surface area contributed by atoms with Crippen LogP contribution >= 0.6 is 27.7 Å². The number of nitrogens with zero attached hydrogens (tertiary/aromatic N) is 2. The van der Waals surface area contributed by atoms with Crippen molar-refractivity contribution in [1.29, 1.82) is 0 Å². The highest BCUT2D eigenvalue weighted by atomic mass is 79.9. The van der Waals surface area contributed by atoms with E-state index in [1.807, 2.05) is 47.6 Å². The SMILES string of the molecule is COC1C(=O)N2c3ccccc3N=C(SC)CC12c1cccc(Br)c1. The van der Waals surface area contributed by atoms with Crippen molar-refractivity contribution in [3.8, 4) is 0 Å². The van der Waals surface area contributed by atoms with E-state index in [-0.39, 0.29) is 5.91 Å². The zero-order chi connectivity index (χ0) is 17.6. The van der Waals surface area contributed by atoms with E-state index in [0.29, 0.717) is 6.42 Å². The molecule has 0 N–H and O–H groups in total. The number of thioether (sulfide) groups is 1. The highest BCUT2D eigenvalue weighted by Crippen LogP contribution is 2.53. The first-order chi connectivity index (χ1) is 12.1. The maximum absolute atomic E-state index is 12.9. The second-order valence-electron chi connectivity index (χ2n) is 6.10. The summed E-state index contributed by atoms with van der Waals surface area (Å²) in [5.41, 5.74) is 2.13. The van der Waals surface area contributed by atoms with Gasteiger partial charge in [0.15, 0.2) is 6.10 Å². The summed E-state index contributed by atoms with van der Waals surface area (Å²) in [7, 11) is 1.60. The molecular formula is C19H17BrN2O2S. The average molecular weight is 417 g/mol. The van der Waals surface area contributed by atoms with Crippen LogP contribution in [0.1, 0.15) is 12.0 Å². The van der Waals surface area contributed by atoms with Gasteiger partial charge in [-0.25, -0.2) is 4.99 Å². The number of para-hydroxylation sites is 2. The number of β-lactam (4-membered cyclic amide) rings is 1. The van der Waals surface area contributed by atoms with Gasteiger partial charge in [0.1, 0.15) is 5.54 Å². The van der Waals surface area contributed by atoms with Gasteiger partial charge >= 0.3 is 0 Å². The minimum Gasteiger partial charge on any atom is -0.369 e. The minimum atomic E-state index is -0.579. The molecular weight excluding hydrogens is 400 g/mol. The van der Waals surface area contributed by atoms with Gasteiger partial charge in [-0.05, 0) is 36.1 Å². The number of aliphatic imine (C=N–C) groups is 1. The van der Waals surface area contributed by atoms with E-state index in [9.17, 15) is 4.79 Å². The van der Waals surface area contributed by atoms with Crippen molar-refractivity contribution in [3.63, 3.8) is 0 Å². The van der Waals surface area contributed by atoms with E-state index in [0.717, 1.165) is 26.5 Å². The number of methoxy groups -OCH3 is 1. The third kappa shape index (κ3) is 2.39. The summed E-state index contributed by atoms with van der Waals surface area (Å²) in [5.74, 6) is -0.0209. The van der Waals surface area contributed by atoms with Crippen LogP contribution in [0.15, 0.2) is 58.0 Å². The first-order valence-corrected chi connectivity index (χ1v) is 9.97. The number of halogens is 1. The van der Waals surface area contributed by atoms with E-state index in [1.165, 1.54) is 0 Å². The molecule has 2 atom stereocenters. The molecule has 0 saturated carbocycles. The van der Waals surface area contributed by atoms with Crippen LogP contribution < -0.4 is 4.90 Å². The lowest BCUT2D eigenvalue weighted by Crippen LogP contribution is -2.73. The Morgan fingerprint density at radius 3 is 2.80 bits per heavy atom. The molecule has 2 aromatic carbocycles. The van der Waals surface area contributed by atoms with Gasteiger partial charge in [-0.3, -0.25) is 9.69 Å². The Morgan fingerprint density at radius 1 is 1.28 bits per heavy atom. The lowest BCUT2D eigenvalue weighted by atomic mass is 9.72. The Kier molecular flexibility index (Phi) is 4.22. The number of benzene rings is 2. The number of carbonyl (C=O) groups is 1. The smallest absolute Gasteiger partial charge is 0.259 e. The van der Waals surface area contributed by atoms with Gasteiger partial charge in [0.05, 0.1) is 16.4 Å². The van der Waals surface area contributed by atoms with E-state index in [4.69, 9.17) is 9.73 Å². The van der Waals surface area contributed by atoms with Crippen molar-refractivity contribution < 1.29 is 9.53 Å². The summed E-state index contributed by atoms with van der Waals surface area (Å²) < 4.78 is 6.64. The van der Waals surface area contributed by atoms with Crippen LogP contribution in [0.3, 0.4) is 0 Å². The monoisotopic (exact) mass is 416 g/mol.